The van der Waals surface area contributed by atoms with Crippen LogP contribution >= 0.6 is 0 Å². The third-order valence-corrected chi connectivity index (χ3v) is 4.66. The first-order valence-electron chi connectivity index (χ1n) is 7.83. The number of nitrogens with two attached hydrogens (primary N) is 2. The van der Waals surface area contributed by atoms with Crippen molar-refractivity contribution < 1.29 is 9.59 Å². The summed E-state index contributed by atoms with van der Waals surface area (Å²) in [5, 5.41) is 2.44. The average molecular weight is 311 g/mol. The standard InChI is InChI=1S/C18H21N3O2/c19-17(22)15-10-21(11-16(15)18(20)23)8-7-12-5-6-13-3-1-2-4-14(13)9-12/h1-6,9,15-16H,7-8,10-11H2,(H2,19,22)(H2,20,23). The zero-order chi connectivity index (χ0) is 16.4. The van der Waals surface area contributed by atoms with E-state index in [1.54, 1.807) is 0 Å². The van der Waals surface area contributed by atoms with E-state index in [1.807, 2.05) is 12.1 Å². The van der Waals surface area contributed by atoms with Crippen molar-refractivity contribution in [2.45, 2.75) is 6.42 Å². The molecule has 1 heterocycles. The number of carbonyl (C=O) groups is 2. The van der Waals surface area contributed by atoms with Crippen LogP contribution in [0.5, 0.6) is 0 Å². The lowest BCUT2D eigenvalue weighted by Gasteiger charge is -2.15. The SMILES string of the molecule is NC(=O)C1CN(CCc2ccc3ccccc3c2)CC1C(N)=O. The Morgan fingerprint density at radius 1 is 0.957 bits per heavy atom. The summed E-state index contributed by atoms with van der Waals surface area (Å²) in [6.45, 7) is 1.80. The Balaban J connectivity index is 1.65. The second-order valence-electron chi connectivity index (χ2n) is 6.21. The average Bonchev–Trinajstić information content (AvgIpc) is 2.97. The smallest absolute Gasteiger partial charge is 0.222 e. The Kier molecular flexibility index (Phi) is 4.30. The van der Waals surface area contributed by atoms with Crippen LogP contribution in [0.1, 0.15) is 5.56 Å². The quantitative estimate of drug-likeness (QED) is 0.860. The summed E-state index contributed by atoms with van der Waals surface area (Å²) in [4.78, 5) is 25.0. The molecular weight excluding hydrogens is 290 g/mol. The third kappa shape index (κ3) is 3.35. The Morgan fingerprint density at radius 2 is 1.57 bits per heavy atom. The number of nitrogens with zero attached hydrogens (tertiary/aromatic N) is 1. The first-order valence-corrected chi connectivity index (χ1v) is 7.83. The van der Waals surface area contributed by atoms with Crippen LogP contribution in [0.25, 0.3) is 10.8 Å². The maximum atomic E-state index is 11.5. The predicted octanol–water partition coefficient (Wildman–Crippen LogP) is 0.901. The number of carbonyl (C=O) groups excluding carboxylic acids is 2. The molecule has 23 heavy (non-hydrogen) atoms. The van der Waals surface area contributed by atoms with Crippen LogP contribution in [0.3, 0.4) is 0 Å². The van der Waals surface area contributed by atoms with Gasteiger partial charge in [-0.1, -0.05) is 42.5 Å². The van der Waals surface area contributed by atoms with Gasteiger partial charge in [0.15, 0.2) is 0 Å². The van der Waals surface area contributed by atoms with Gasteiger partial charge in [0.2, 0.25) is 11.8 Å². The Morgan fingerprint density at radius 3 is 2.17 bits per heavy atom. The lowest BCUT2D eigenvalue weighted by molar-refractivity contribution is -0.129. The van der Waals surface area contributed by atoms with E-state index in [-0.39, 0.29) is 0 Å². The number of benzene rings is 2. The van der Waals surface area contributed by atoms with Crippen molar-refractivity contribution in [1.29, 1.82) is 0 Å². The topological polar surface area (TPSA) is 89.4 Å². The van der Waals surface area contributed by atoms with Gasteiger partial charge in [-0.2, -0.15) is 0 Å². The van der Waals surface area contributed by atoms with Gasteiger partial charge in [0.1, 0.15) is 0 Å². The maximum Gasteiger partial charge on any atom is 0.222 e. The van der Waals surface area contributed by atoms with Crippen LogP contribution in [-0.4, -0.2) is 36.3 Å². The molecule has 1 aliphatic heterocycles. The number of likely N-dealkylation sites (tertiary alicyclic amines) is 1. The van der Waals surface area contributed by atoms with Crippen LogP contribution < -0.4 is 11.5 Å². The van der Waals surface area contributed by atoms with Crippen LogP contribution in [0, 0.1) is 11.8 Å². The Bertz CT molecular complexity index is 722. The number of primary amides is 2. The first kappa shape index (κ1) is 15.5. The van der Waals surface area contributed by atoms with Crippen LogP contribution in [0.2, 0.25) is 0 Å². The molecule has 2 aromatic rings. The Labute approximate surface area is 135 Å². The lowest BCUT2D eigenvalue weighted by atomic mass is 9.95. The van der Waals surface area contributed by atoms with Gasteiger partial charge in [0.25, 0.3) is 0 Å². The minimum absolute atomic E-state index is 0.443. The minimum Gasteiger partial charge on any atom is -0.369 e. The van der Waals surface area contributed by atoms with Crippen molar-refractivity contribution in [3.05, 3.63) is 48.0 Å². The van der Waals surface area contributed by atoms with Gasteiger partial charge in [0, 0.05) is 19.6 Å². The van der Waals surface area contributed by atoms with Crippen LogP contribution in [0.15, 0.2) is 42.5 Å². The molecule has 2 aromatic carbocycles. The molecule has 5 heteroatoms. The summed E-state index contributed by atoms with van der Waals surface area (Å²) in [6, 6.07) is 14.7. The Hall–Kier alpha value is -2.40. The summed E-state index contributed by atoms with van der Waals surface area (Å²) in [7, 11) is 0. The highest BCUT2D eigenvalue weighted by Crippen LogP contribution is 2.23. The van der Waals surface area contributed by atoms with Crippen molar-refractivity contribution >= 4 is 22.6 Å². The molecule has 2 unspecified atom stereocenters. The molecule has 3 rings (SSSR count). The second kappa shape index (κ2) is 6.38. The summed E-state index contributed by atoms with van der Waals surface area (Å²) >= 11 is 0. The lowest BCUT2D eigenvalue weighted by Crippen LogP contribution is -2.36. The highest BCUT2D eigenvalue weighted by atomic mass is 16.2. The number of hydrogen-bond acceptors (Lipinski definition) is 3. The van der Waals surface area contributed by atoms with E-state index in [4.69, 9.17) is 11.5 Å². The van der Waals surface area contributed by atoms with Crippen LogP contribution in [-0.2, 0) is 16.0 Å². The van der Waals surface area contributed by atoms with E-state index in [0.717, 1.165) is 13.0 Å². The second-order valence-corrected chi connectivity index (χ2v) is 6.21. The van der Waals surface area contributed by atoms with Gasteiger partial charge in [-0.05, 0) is 22.8 Å². The monoisotopic (exact) mass is 311 g/mol. The number of hydrogen-bond donors (Lipinski definition) is 2. The summed E-state index contributed by atoms with van der Waals surface area (Å²) in [6.07, 6.45) is 0.863. The maximum absolute atomic E-state index is 11.5. The number of fused-ring (bicyclic) bond motifs is 1. The molecule has 0 spiro atoms. The zero-order valence-corrected chi connectivity index (χ0v) is 12.9. The minimum atomic E-state index is -0.468. The molecule has 0 bridgehead atoms. The van der Waals surface area contributed by atoms with E-state index in [2.05, 4.69) is 35.2 Å². The van der Waals surface area contributed by atoms with Gasteiger partial charge in [-0.15, -0.1) is 0 Å². The molecule has 4 N–H and O–H groups in total. The molecular formula is C18H21N3O2. The van der Waals surface area contributed by atoms with Gasteiger partial charge in [-0.25, -0.2) is 0 Å². The van der Waals surface area contributed by atoms with Gasteiger partial charge in [-0.3, -0.25) is 9.59 Å². The highest BCUT2D eigenvalue weighted by Gasteiger charge is 2.39. The predicted molar refractivity (Wildman–Crippen MR) is 89.5 cm³/mol. The highest BCUT2D eigenvalue weighted by molar-refractivity contribution is 5.87. The molecule has 2 atom stereocenters. The fourth-order valence-corrected chi connectivity index (χ4v) is 3.33. The first-order chi connectivity index (χ1) is 11.0. The number of amides is 2. The van der Waals surface area contributed by atoms with Crippen molar-refractivity contribution in [2.75, 3.05) is 19.6 Å². The van der Waals surface area contributed by atoms with Gasteiger partial charge in [0.05, 0.1) is 11.8 Å². The summed E-state index contributed by atoms with van der Waals surface area (Å²) in [5.41, 5.74) is 12.0. The largest absolute Gasteiger partial charge is 0.369 e. The normalized spacial score (nSPS) is 21.6. The third-order valence-electron chi connectivity index (χ3n) is 4.66. The molecule has 1 aliphatic rings. The van der Waals surface area contributed by atoms with E-state index < -0.39 is 23.7 Å². The molecule has 1 saturated heterocycles. The molecule has 0 aromatic heterocycles. The number of rotatable bonds is 5. The van der Waals surface area contributed by atoms with Crippen LogP contribution in [0.4, 0.5) is 0 Å². The van der Waals surface area contributed by atoms with Crippen molar-refractivity contribution in [1.82, 2.24) is 4.90 Å². The molecule has 120 valence electrons. The summed E-state index contributed by atoms with van der Waals surface area (Å²) < 4.78 is 0. The molecule has 1 fully saturated rings. The van der Waals surface area contributed by atoms with E-state index in [9.17, 15) is 9.59 Å². The van der Waals surface area contributed by atoms with E-state index in [1.165, 1.54) is 16.3 Å². The molecule has 5 nitrogen and oxygen atoms in total. The van der Waals surface area contributed by atoms with Gasteiger partial charge >= 0.3 is 0 Å². The molecule has 0 saturated carbocycles. The van der Waals surface area contributed by atoms with Gasteiger partial charge < -0.3 is 16.4 Å². The molecule has 0 aliphatic carbocycles. The fourth-order valence-electron chi connectivity index (χ4n) is 3.33. The van der Waals surface area contributed by atoms with E-state index >= 15 is 0 Å². The van der Waals surface area contributed by atoms with E-state index in [0.29, 0.717) is 13.1 Å². The van der Waals surface area contributed by atoms with Crippen molar-refractivity contribution in [3.8, 4) is 0 Å². The van der Waals surface area contributed by atoms with Crippen molar-refractivity contribution in [2.24, 2.45) is 23.3 Å². The van der Waals surface area contributed by atoms with Crippen molar-refractivity contribution in [3.63, 3.8) is 0 Å². The fraction of sp³-hybridized carbons (Fsp3) is 0.333. The molecule has 2 amide bonds. The zero-order valence-electron chi connectivity index (χ0n) is 12.9. The molecule has 0 radical (unpaired) electrons. The summed E-state index contributed by atoms with van der Waals surface area (Å²) in [5.74, 6) is -1.82.